The fourth-order valence-electron chi connectivity index (χ4n) is 1.52. The number of carbonyl (C=O) groups is 1. The molecule has 2 nitrogen and oxygen atoms in total. The van der Waals surface area contributed by atoms with Gasteiger partial charge in [-0.1, -0.05) is 19.8 Å². The minimum absolute atomic E-state index is 0.0849. The van der Waals surface area contributed by atoms with E-state index in [2.05, 4.69) is 18.3 Å². The van der Waals surface area contributed by atoms with Crippen LogP contribution in [0.4, 0.5) is 0 Å². The van der Waals surface area contributed by atoms with E-state index in [4.69, 9.17) is 0 Å². The molecule has 0 saturated heterocycles. The maximum Gasteiger partial charge on any atom is 0.261 e. The van der Waals surface area contributed by atoms with Gasteiger partial charge in [-0.3, -0.25) is 4.79 Å². The number of thiophene rings is 1. The fourth-order valence-corrected chi connectivity index (χ4v) is 2.47. The lowest BCUT2D eigenvalue weighted by molar-refractivity contribution is 0.0956. The summed E-state index contributed by atoms with van der Waals surface area (Å²) in [5.74, 6) is 0.0849. The summed E-state index contributed by atoms with van der Waals surface area (Å²) < 4.78 is 0. The van der Waals surface area contributed by atoms with Crippen LogP contribution in [0.1, 0.15) is 46.3 Å². The SMILES string of the molecule is CCCCCNC(=O)c1sc(C)cc1C. The van der Waals surface area contributed by atoms with Gasteiger partial charge in [0.05, 0.1) is 4.88 Å². The molecule has 0 aromatic carbocycles. The lowest BCUT2D eigenvalue weighted by Gasteiger charge is -2.03. The molecule has 1 N–H and O–H groups in total. The zero-order valence-corrected chi connectivity index (χ0v) is 10.5. The number of carbonyl (C=O) groups excluding carboxylic acids is 1. The minimum atomic E-state index is 0.0849. The molecule has 1 heterocycles. The van der Waals surface area contributed by atoms with Crippen molar-refractivity contribution in [2.24, 2.45) is 0 Å². The second kappa shape index (κ2) is 5.91. The Bertz CT molecular complexity index is 330. The van der Waals surface area contributed by atoms with E-state index in [0.717, 1.165) is 23.4 Å². The molecule has 0 aliphatic carbocycles. The van der Waals surface area contributed by atoms with Crippen LogP contribution in [0.25, 0.3) is 0 Å². The molecule has 0 unspecified atom stereocenters. The third kappa shape index (κ3) is 3.67. The van der Waals surface area contributed by atoms with Crippen LogP contribution in [-0.4, -0.2) is 12.5 Å². The zero-order chi connectivity index (χ0) is 11.3. The average molecular weight is 225 g/mol. The highest BCUT2D eigenvalue weighted by atomic mass is 32.1. The van der Waals surface area contributed by atoms with Gasteiger partial charge in [0.1, 0.15) is 0 Å². The molecule has 1 amide bonds. The Hall–Kier alpha value is -0.830. The van der Waals surface area contributed by atoms with Crippen LogP contribution < -0.4 is 5.32 Å². The Labute approximate surface area is 95.7 Å². The Morgan fingerprint density at radius 1 is 1.40 bits per heavy atom. The molecule has 1 aromatic rings. The number of aryl methyl sites for hydroxylation is 2. The zero-order valence-electron chi connectivity index (χ0n) is 9.72. The Balaban J connectivity index is 2.43. The van der Waals surface area contributed by atoms with Gasteiger partial charge in [-0.15, -0.1) is 11.3 Å². The van der Waals surface area contributed by atoms with E-state index in [9.17, 15) is 4.79 Å². The third-order valence-electron chi connectivity index (χ3n) is 2.31. The number of unbranched alkanes of at least 4 members (excludes halogenated alkanes) is 2. The number of amides is 1. The standard InChI is InChI=1S/C12H19NOS/c1-4-5-6-7-13-12(14)11-9(2)8-10(3)15-11/h8H,4-7H2,1-3H3,(H,13,14). The molecule has 0 fully saturated rings. The molecule has 0 aliphatic rings. The van der Waals surface area contributed by atoms with Crippen LogP contribution in [-0.2, 0) is 0 Å². The van der Waals surface area contributed by atoms with Crippen molar-refractivity contribution in [3.8, 4) is 0 Å². The van der Waals surface area contributed by atoms with Crippen LogP contribution in [0.15, 0.2) is 6.07 Å². The van der Waals surface area contributed by atoms with Crippen LogP contribution in [0, 0.1) is 13.8 Å². The maximum absolute atomic E-state index is 11.7. The van der Waals surface area contributed by atoms with Gasteiger partial charge in [0.25, 0.3) is 5.91 Å². The Kier molecular flexibility index (Phi) is 4.82. The number of hydrogen-bond donors (Lipinski definition) is 1. The van der Waals surface area contributed by atoms with Gasteiger partial charge in [0, 0.05) is 11.4 Å². The van der Waals surface area contributed by atoms with Gasteiger partial charge in [-0.05, 0) is 31.9 Å². The first kappa shape index (κ1) is 12.2. The van der Waals surface area contributed by atoms with Crippen LogP contribution in [0.2, 0.25) is 0 Å². The number of rotatable bonds is 5. The summed E-state index contributed by atoms with van der Waals surface area (Å²) in [5, 5.41) is 2.96. The van der Waals surface area contributed by atoms with Gasteiger partial charge in [-0.25, -0.2) is 0 Å². The van der Waals surface area contributed by atoms with Crippen molar-refractivity contribution in [3.05, 3.63) is 21.4 Å². The molecule has 1 rings (SSSR count). The summed E-state index contributed by atoms with van der Waals surface area (Å²) in [6.07, 6.45) is 3.45. The molecule has 15 heavy (non-hydrogen) atoms. The van der Waals surface area contributed by atoms with Gasteiger partial charge in [0.15, 0.2) is 0 Å². The van der Waals surface area contributed by atoms with Gasteiger partial charge in [0.2, 0.25) is 0 Å². The average Bonchev–Trinajstić information content (AvgIpc) is 2.52. The van der Waals surface area contributed by atoms with Crippen molar-refractivity contribution < 1.29 is 4.79 Å². The van der Waals surface area contributed by atoms with Crippen molar-refractivity contribution in [2.45, 2.75) is 40.0 Å². The van der Waals surface area contributed by atoms with Crippen molar-refractivity contribution in [3.63, 3.8) is 0 Å². The first-order valence-electron chi connectivity index (χ1n) is 5.50. The molecular weight excluding hydrogens is 206 g/mol. The topological polar surface area (TPSA) is 29.1 Å². The molecule has 0 saturated carbocycles. The first-order valence-corrected chi connectivity index (χ1v) is 6.32. The van der Waals surface area contributed by atoms with E-state index in [-0.39, 0.29) is 5.91 Å². The largest absolute Gasteiger partial charge is 0.351 e. The highest BCUT2D eigenvalue weighted by Crippen LogP contribution is 2.20. The van der Waals surface area contributed by atoms with Gasteiger partial charge >= 0.3 is 0 Å². The van der Waals surface area contributed by atoms with Crippen molar-refractivity contribution >= 4 is 17.2 Å². The smallest absolute Gasteiger partial charge is 0.261 e. The first-order chi connectivity index (χ1) is 7.15. The summed E-state index contributed by atoms with van der Waals surface area (Å²) in [6, 6.07) is 2.06. The van der Waals surface area contributed by atoms with Crippen molar-refractivity contribution in [2.75, 3.05) is 6.54 Å². The van der Waals surface area contributed by atoms with E-state index in [1.54, 1.807) is 11.3 Å². The minimum Gasteiger partial charge on any atom is -0.351 e. The monoisotopic (exact) mass is 225 g/mol. The molecule has 84 valence electrons. The highest BCUT2D eigenvalue weighted by Gasteiger charge is 2.10. The molecule has 0 spiro atoms. The van der Waals surface area contributed by atoms with E-state index in [1.165, 1.54) is 17.7 Å². The molecule has 0 atom stereocenters. The highest BCUT2D eigenvalue weighted by molar-refractivity contribution is 7.14. The molecule has 0 aliphatic heterocycles. The number of nitrogens with one attached hydrogen (secondary N) is 1. The van der Waals surface area contributed by atoms with Crippen molar-refractivity contribution in [1.29, 1.82) is 0 Å². The number of hydrogen-bond acceptors (Lipinski definition) is 2. The summed E-state index contributed by atoms with van der Waals surface area (Å²) in [7, 11) is 0. The normalized spacial score (nSPS) is 10.3. The molecule has 0 radical (unpaired) electrons. The Morgan fingerprint density at radius 3 is 2.67 bits per heavy atom. The van der Waals surface area contributed by atoms with Crippen molar-refractivity contribution in [1.82, 2.24) is 5.32 Å². The Morgan fingerprint density at radius 2 is 2.13 bits per heavy atom. The third-order valence-corrected chi connectivity index (χ3v) is 3.46. The lowest BCUT2D eigenvalue weighted by atomic mass is 10.2. The maximum atomic E-state index is 11.7. The molecule has 0 bridgehead atoms. The van der Waals surface area contributed by atoms with E-state index < -0.39 is 0 Å². The second-order valence-corrected chi connectivity index (χ2v) is 5.09. The van der Waals surface area contributed by atoms with E-state index in [1.807, 2.05) is 13.8 Å². The second-order valence-electron chi connectivity index (χ2n) is 3.83. The summed E-state index contributed by atoms with van der Waals surface area (Å²) in [5.41, 5.74) is 1.09. The summed E-state index contributed by atoms with van der Waals surface area (Å²) in [6.45, 7) is 6.98. The van der Waals surface area contributed by atoms with Crippen LogP contribution >= 0.6 is 11.3 Å². The quantitative estimate of drug-likeness (QED) is 0.765. The molecule has 3 heteroatoms. The van der Waals surface area contributed by atoms with Gasteiger partial charge < -0.3 is 5.32 Å². The molecule has 1 aromatic heterocycles. The van der Waals surface area contributed by atoms with E-state index >= 15 is 0 Å². The van der Waals surface area contributed by atoms with E-state index in [0.29, 0.717) is 0 Å². The van der Waals surface area contributed by atoms with Crippen LogP contribution in [0.3, 0.4) is 0 Å². The lowest BCUT2D eigenvalue weighted by Crippen LogP contribution is -2.24. The predicted octanol–water partition coefficient (Wildman–Crippen LogP) is 3.28. The molecular formula is C12H19NOS. The fraction of sp³-hybridized carbons (Fsp3) is 0.583. The summed E-state index contributed by atoms with van der Waals surface area (Å²) in [4.78, 5) is 13.8. The van der Waals surface area contributed by atoms with Crippen LogP contribution in [0.5, 0.6) is 0 Å². The summed E-state index contributed by atoms with van der Waals surface area (Å²) >= 11 is 1.57. The van der Waals surface area contributed by atoms with Gasteiger partial charge in [-0.2, -0.15) is 0 Å². The predicted molar refractivity (Wildman–Crippen MR) is 65.7 cm³/mol.